The van der Waals surface area contributed by atoms with E-state index in [-0.39, 0.29) is 5.56 Å². The van der Waals surface area contributed by atoms with Gasteiger partial charge in [-0.1, -0.05) is 0 Å². The molecule has 1 rings (SSSR count). The van der Waals surface area contributed by atoms with E-state index in [1.807, 2.05) is 0 Å². The van der Waals surface area contributed by atoms with E-state index in [9.17, 15) is 26.7 Å². The van der Waals surface area contributed by atoms with Crippen LogP contribution in [0.2, 0.25) is 0 Å². The number of carbonyl (C=O) groups is 1. The summed E-state index contributed by atoms with van der Waals surface area (Å²) in [6.07, 6.45) is -7.97. The molecule has 19 heavy (non-hydrogen) atoms. The standard InChI is InChI=1S/C9H5ClF5NO3/c10-1-3-2-16-7(19-9(13,14)15)5(8(17)18)4(3)6(11)12/h2,6H,1H2,(H,17,18). The molecule has 0 spiro atoms. The van der Waals surface area contributed by atoms with Gasteiger partial charge in [-0.05, 0) is 5.56 Å². The van der Waals surface area contributed by atoms with Crippen LogP contribution in [0.5, 0.6) is 5.88 Å². The van der Waals surface area contributed by atoms with Gasteiger partial charge >= 0.3 is 12.3 Å². The SMILES string of the molecule is O=C(O)c1c(OC(F)(F)F)ncc(CCl)c1C(F)F. The molecule has 0 radical (unpaired) electrons. The molecule has 1 N–H and O–H groups in total. The summed E-state index contributed by atoms with van der Waals surface area (Å²) < 4.78 is 64.9. The molecule has 0 aliphatic heterocycles. The third-order valence-electron chi connectivity index (χ3n) is 1.96. The molecule has 0 fully saturated rings. The number of ether oxygens (including phenoxy) is 1. The average molecular weight is 306 g/mol. The van der Waals surface area contributed by atoms with Gasteiger partial charge in [0.25, 0.3) is 6.43 Å². The Labute approximate surface area is 107 Å². The van der Waals surface area contributed by atoms with Gasteiger partial charge in [0.15, 0.2) is 0 Å². The molecule has 0 bridgehead atoms. The molecule has 4 nitrogen and oxygen atoms in total. The van der Waals surface area contributed by atoms with Crippen molar-refractivity contribution in [3.8, 4) is 5.88 Å². The van der Waals surface area contributed by atoms with Crippen LogP contribution in [0.3, 0.4) is 0 Å². The second kappa shape index (κ2) is 5.55. The van der Waals surface area contributed by atoms with Gasteiger partial charge in [0.2, 0.25) is 5.88 Å². The van der Waals surface area contributed by atoms with Crippen LogP contribution in [0.1, 0.15) is 27.9 Å². The minimum Gasteiger partial charge on any atom is -0.477 e. The summed E-state index contributed by atoms with van der Waals surface area (Å²) in [6, 6.07) is 0. The highest BCUT2D eigenvalue weighted by atomic mass is 35.5. The Morgan fingerprint density at radius 1 is 1.47 bits per heavy atom. The molecule has 10 heteroatoms. The van der Waals surface area contributed by atoms with Gasteiger partial charge in [0.1, 0.15) is 5.56 Å². The summed E-state index contributed by atoms with van der Waals surface area (Å²) in [5.41, 5.74) is -2.88. The average Bonchev–Trinajstić information content (AvgIpc) is 2.25. The zero-order chi connectivity index (χ0) is 14.8. The molecule has 0 aliphatic rings. The highest BCUT2D eigenvalue weighted by Crippen LogP contribution is 2.34. The minimum atomic E-state index is -5.25. The van der Waals surface area contributed by atoms with E-state index >= 15 is 0 Å². The maximum atomic E-state index is 12.8. The number of nitrogens with zero attached hydrogens (tertiary/aromatic N) is 1. The maximum Gasteiger partial charge on any atom is 0.574 e. The normalized spacial score (nSPS) is 11.7. The first-order valence-corrected chi connectivity index (χ1v) is 5.05. The zero-order valence-corrected chi connectivity index (χ0v) is 9.60. The molecule has 1 heterocycles. The quantitative estimate of drug-likeness (QED) is 0.684. The van der Waals surface area contributed by atoms with Crippen molar-refractivity contribution < 1.29 is 36.6 Å². The van der Waals surface area contributed by atoms with E-state index in [0.29, 0.717) is 6.20 Å². The first-order valence-electron chi connectivity index (χ1n) is 4.52. The first-order chi connectivity index (χ1) is 8.67. The topological polar surface area (TPSA) is 59.4 Å². The fraction of sp³-hybridized carbons (Fsp3) is 0.333. The predicted molar refractivity (Wildman–Crippen MR) is 52.4 cm³/mol. The van der Waals surface area contributed by atoms with E-state index in [1.165, 1.54) is 0 Å². The molecule has 0 aliphatic carbocycles. The summed E-state index contributed by atoms with van der Waals surface area (Å²) >= 11 is 5.31. The first kappa shape index (κ1) is 15.4. The molecular formula is C9H5ClF5NO3. The lowest BCUT2D eigenvalue weighted by molar-refractivity contribution is -0.276. The lowest BCUT2D eigenvalue weighted by Gasteiger charge is -2.15. The molecule has 1 aromatic rings. The third-order valence-corrected chi connectivity index (χ3v) is 2.24. The third kappa shape index (κ3) is 3.66. The van der Waals surface area contributed by atoms with Crippen LogP contribution in [-0.4, -0.2) is 22.4 Å². The van der Waals surface area contributed by atoms with Gasteiger partial charge in [0.05, 0.1) is 0 Å². The van der Waals surface area contributed by atoms with E-state index < -0.39 is 41.6 Å². The number of aromatic nitrogens is 1. The number of carboxylic acids is 1. The van der Waals surface area contributed by atoms with Gasteiger partial charge in [-0.2, -0.15) is 0 Å². The molecule has 0 aromatic carbocycles. The number of rotatable bonds is 4. The van der Waals surface area contributed by atoms with Crippen molar-refractivity contribution in [3.05, 3.63) is 22.9 Å². The zero-order valence-electron chi connectivity index (χ0n) is 8.84. The van der Waals surface area contributed by atoms with Crippen molar-refractivity contribution in [2.24, 2.45) is 0 Å². The number of halogens is 6. The Morgan fingerprint density at radius 3 is 2.42 bits per heavy atom. The fourth-order valence-electron chi connectivity index (χ4n) is 1.30. The fourth-order valence-corrected chi connectivity index (χ4v) is 1.51. The molecule has 1 aromatic heterocycles. The summed E-state index contributed by atoms with van der Waals surface area (Å²) in [5.74, 6) is -4.00. The Kier molecular flexibility index (Phi) is 4.51. The summed E-state index contributed by atoms with van der Waals surface area (Å²) in [4.78, 5) is 13.9. The number of carboxylic acid groups (broad SMARTS) is 1. The number of pyridine rings is 1. The van der Waals surface area contributed by atoms with Crippen LogP contribution in [0.25, 0.3) is 0 Å². The van der Waals surface area contributed by atoms with E-state index in [1.54, 1.807) is 0 Å². The van der Waals surface area contributed by atoms with Crippen LogP contribution in [-0.2, 0) is 5.88 Å². The summed E-state index contributed by atoms with van der Waals surface area (Å²) in [6.45, 7) is 0. The molecule has 0 amide bonds. The molecule has 0 saturated heterocycles. The highest BCUT2D eigenvalue weighted by molar-refractivity contribution is 6.17. The van der Waals surface area contributed by atoms with Crippen LogP contribution in [0, 0.1) is 0 Å². The van der Waals surface area contributed by atoms with Crippen molar-refractivity contribution >= 4 is 17.6 Å². The van der Waals surface area contributed by atoms with Crippen molar-refractivity contribution in [1.29, 1.82) is 0 Å². The molecular weight excluding hydrogens is 301 g/mol. The Bertz CT molecular complexity index is 491. The number of hydrogen-bond donors (Lipinski definition) is 1. The lowest BCUT2D eigenvalue weighted by Crippen LogP contribution is -2.21. The van der Waals surface area contributed by atoms with Gasteiger partial charge in [-0.25, -0.2) is 18.6 Å². The van der Waals surface area contributed by atoms with Crippen LogP contribution < -0.4 is 4.74 Å². The summed E-state index contributed by atoms with van der Waals surface area (Å²) in [5, 5.41) is 8.75. The largest absolute Gasteiger partial charge is 0.574 e. The van der Waals surface area contributed by atoms with Crippen molar-refractivity contribution in [3.63, 3.8) is 0 Å². The maximum absolute atomic E-state index is 12.8. The molecule has 0 atom stereocenters. The van der Waals surface area contributed by atoms with Crippen LogP contribution in [0.15, 0.2) is 6.20 Å². The number of aromatic carboxylic acids is 1. The molecule has 0 unspecified atom stereocenters. The highest BCUT2D eigenvalue weighted by Gasteiger charge is 2.36. The smallest absolute Gasteiger partial charge is 0.477 e. The number of hydrogen-bond acceptors (Lipinski definition) is 3. The predicted octanol–water partition coefficient (Wildman–Crippen LogP) is 3.35. The second-order valence-corrected chi connectivity index (χ2v) is 3.43. The lowest BCUT2D eigenvalue weighted by atomic mass is 10.1. The van der Waals surface area contributed by atoms with Gasteiger partial charge in [-0.15, -0.1) is 24.8 Å². The van der Waals surface area contributed by atoms with Gasteiger partial charge in [0, 0.05) is 17.6 Å². The number of alkyl halides is 6. The van der Waals surface area contributed by atoms with Crippen molar-refractivity contribution in [1.82, 2.24) is 4.98 Å². The Balaban J connectivity index is 3.49. The van der Waals surface area contributed by atoms with Gasteiger partial charge < -0.3 is 9.84 Å². The molecule has 106 valence electrons. The van der Waals surface area contributed by atoms with E-state index in [2.05, 4.69) is 9.72 Å². The van der Waals surface area contributed by atoms with Crippen LogP contribution >= 0.6 is 11.6 Å². The van der Waals surface area contributed by atoms with Crippen molar-refractivity contribution in [2.45, 2.75) is 18.7 Å². The monoisotopic (exact) mass is 305 g/mol. The molecule has 0 saturated carbocycles. The van der Waals surface area contributed by atoms with E-state index in [0.717, 1.165) is 0 Å². The van der Waals surface area contributed by atoms with E-state index in [4.69, 9.17) is 16.7 Å². The van der Waals surface area contributed by atoms with Gasteiger partial charge in [-0.3, -0.25) is 0 Å². The second-order valence-electron chi connectivity index (χ2n) is 3.16. The van der Waals surface area contributed by atoms with Crippen LogP contribution in [0.4, 0.5) is 22.0 Å². The summed E-state index contributed by atoms with van der Waals surface area (Å²) in [7, 11) is 0. The van der Waals surface area contributed by atoms with Crippen molar-refractivity contribution in [2.75, 3.05) is 0 Å². The Hall–Kier alpha value is -1.64. The minimum absolute atomic E-state index is 0.386. The Morgan fingerprint density at radius 2 is 2.05 bits per heavy atom.